The largest absolute Gasteiger partial charge is 0.507 e. The summed E-state index contributed by atoms with van der Waals surface area (Å²) in [6.45, 7) is 1.71. The molecular weight excluding hydrogens is 390 g/mol. The van der Waals surface area contributed by atoms with E-state index in [2.05, 4.69) is 25.5 Å². The summed E-state index contributed by atoms with van der Waals surface area (Å²) in [7, 11) is 0. The van der Waals surface area contributed by atoms with Gasteiger partial charge in [-0.1, -0.05) is 0 Å². The van der Waals surface area contributed by atoms with Gasteiger partial charge in [-0.25, -0.2) is 18.7 Å². The number of hydrogen-bond acceptors (Lipinski definition) is 6. The normalized spacial score (nSPS) is 29.4. The number of aromatic nitrogens is 5. The molecule has 0 spiro atoms. The molecule has 0 saturated carbocycles. The maximum atomic E-state index is 14.9. The van der Waals surface area contributed by atoms with Crippen molar-refractivity contribution in [3.8, 4) is 22.8 Å². The lowest BCUT2D eigenvalue weighted by Gasteiger charge is -2.35. The van der Waals surface area contributed by atoms with Crippen molar-refractivity contribution in [2.24, 2.45) is 0 Å². The van der Waals surface area contributed by atoms with Crippen molar-refractivity contribution < 1.29 is 13.9 Å². The van der Waals surface area contributed by atoms with Crippen molar-refractivity contribution in [1.82, 2.24) is 30.0 Å². The van der Waals surface area contributed by atoms with Crippen LogP contribution in [0.2, 0.25) is 0 Å². The first kappa shape index (κ1) is 18.8. The number of aromatic hydroxyl groups is 1. The zero-order chi connectivity index (χ0) is 20.9. The van der Waals surface area contributed by atoms with E-state index in [-0.39, 0.29) is 30.5 Å². The van der Waals surface area contributed by atoms with Gasteiger partial charge in [-0.15, -0.1) is 10.2 Å². The molecule has 2 aliphatic rings. The van der Waals surface area contributed by atoms with E-state index < -0.39 is 17.9 Å². The summed E-state index contributed by atoms with van der Waals surface area (Å²) in [5, 5.41) is 21.6. The van der Waals surface area contributed by atoms with Crippen LogP contribution in [-0.2, 0) is 0 Å². The number of piperidine rings is 1. The van der Waals surface area contributed by atoms with Crippen LogP contribution < -0.4 is 5.32 Å². The maximum Gasteiger partial charge on any atom is 0.185 e. The molecule has 0 radical (unpaired) electrons. The van der Waals surface area contributed by atoms with Crippen LogP contribution in [-0.4, -0.2) is 53.8 Å². The Morgan fingerprint density at radius 3 is 2.87 bits per heavy atom. The second kappa shape index (κ2) is 6.94. The van der Waals surface area contributed by atoms with Gasteiger partial charge in [0.2, 0.25) is 0 Å². The van der Waals surface area contributed by atoms with Crippen molar-refractivity contribution in [3.05, 3.63) is 54.4 Å². The van der Waals surface area contributed by atoms with Crippen molar-refractivity contribution in [1.29, 1.82) is 0 Å². The van der Waals surface area contributed by atoms with Crippen LogP contribution in [0.3, 0.4) is 0 Å². The number of halogens is 2. The Morgan fingerprint density at radius 2 is 2.17 bits per heavy atom. The number of rotatable bonds is 3. The van der Waals surface area contributed by atoms with Gasteiger partial charge in [0, 0.05) is 30.9 Å². The molecular formula is C21H20F2N6O. The van der Waals surface area contributed by atoms with Gasteiger partial charge in [-0.3, -0.25) is 0 Å². The van der Waals surface area contributed by atoms with E-state index >= 15 is 0 Å². The third kappa shape index (κ3) is 3.15. The molecule has 2 fully saturated rings. The highest BCUT2D eigenvalue weighted by molar-refractivity contribution is 5.66. The lowest BCUT2D eigenvalue weighted by Crippen LogP contribution is -2.53. The van der Waals surface area contributed by atoms with Gasteiger partial charge in [0.15, 0.2) is 5.82 Å². The molecule has 2 aromatic heterocycles. The van der Waals surface area contributed by atoms with Crippen LogP contribution in [0.15, 0.2) is 48.7 Å². The Morgan fingerprint density at radius 1 is 1.30 bits per heavy atom. The molecule has 4 heterocycles. The van der Waals surface area contributed by atoms with Crippen molar-refractivity contribution >= 4 is 6.08 Å². The molecule has 30 heavy (non-hydrogen) atoms. The summed E-state index contributed by atoms with van der Waals surface area (Å²) in [4.78, 5) is 8.25. The number of nitrogens with zero attached hydrogens (tertiary/aromatic N) is 5. The minimum absolute atomic E-state index is 0.00905. The fourth-order valence-electron chi connectivity index (χ4n) is 4.32. The van der Waals surface area contributed by atoms with E-state index in [0.29, 0.717) is 16.8 Å². The summed E-state index contributed by atoms with van der Waals surface area (Å²) in [6.07, 6.45) is 6.22. The van der Waals surface area contributed by atoms with E-state index in [1.807, 2.05) is 6.07 Å². The Labute approximate surface area is 171 Å². The standard InChI is InChI=1S/C21H20F2N6O/c1-21-9-16(22)17(26-21)7-12(19(21)23)6-13-10-25-20(28-27-13)15-3-2-14(8-18(15)30)29-5-4-24-11-29/h2-6,8,10-11,16-17,19,26,30H,7,9H2,1H3/b12-6+/t16-,17?,19-,21-/m0/s1. The first-order valence-corrected chi connectivity index (χ1v) is 9.71. The summed E-state index contributed by atoms with van der Waals surface area (Å²) in [5.74, 6) is 0.263. The SMILES string of the molecule is C[C@]12C[C@H](F)C(C/C(=C\c3cnc(-c4ccc(-n5ccnc5)cc4O)nn3)[C@@H]1F)N2. The fourth-order valence-corrected chi connectivity index (χ4v) is 4.32. The molecule has 0 amide bonds. The minimum atomic E-state index is -1.30. The van der Waals surface area contributed by atoms with Gasteiger partial charge in [-0.05, 0) is 37.1 Å². The van der Waals surface area contributed by atoms with Gasteiger partial charge in [-0.2, -0.15) is 0 Å². The number of nitrogens with one attached hydrogen (secondary N) is 1. The predicted octanol–water partition coefficient (Wildman–Crippen LogP) is 3.01. The van der Waals surface area contributed by atoms with Crippen LogP contribution in [0.5, 0.6) is 5.75 Å². The number of alkyl halides is 2. The highest BCUT2D eigenvalue weighted by Crippen LogP contribution is 2.42. The summed E-state index contributed by atoms with van der Waals surface area (Å²) in [5.41, 5.74) is 1.18. The number of imidazole rings is 1. The predicted molar refractivity (Wildman–Crippen MR) is 106 cm³/mol. The van der Waals surface area contributed by atoms with Gasteiger partial charge in [0.1, 0.15) is 23.8 Å². The molecule has 9 heteroatoms. The Balaban J connectivity index is 1.39. The molecule has 2 aliphatic heterocycles. The highest BCUT2D eigenvalue weighted by Gasteiger charge is 2.52. The monoisotopic (exact) mass is 410 g/mol. The third-order valence-corrected chi connectivity index (χ3v) is 5.85. The van der Waals surface area contributed by atoms with E-state index in [1.165, 1.54) is 6.20 Å². The lowest BCUT2D eigenvalue weighted by molar-refractivity contribution is 0.186. The second-order valence-electron chi connectivity index (χ2n) is 8.05. The van der Waals surface area contributed by atoms with Crippen molar-refractivity contribution in [2.75, 3.05) is 0 Å². The second-order valence-corrected chi connectivity index (χ2v) is 8.05. The van der Waals surface area contributed by atoms with Crippen molar-refractivity contribution in [2.45, 2.75) is 43.7 Å². The molecule has 0 aliphatic carbocycles. The number of fused-ring (bicyclic) bond motifs is 2. The molecule has 3 aromatic rings. The van der Waals surface area contributed by atoms with Gasteiger partial charge < -0.3 is 15.0 Å². The molecule has 154 valence electrons. The zero-order valence-corrected chi connectivity index (χ0v) is 16.2. The number of benzene rings is 1. The lowest BCUT2D eigenvalue weighted by atomic mass is 9.86. The molecule has 2 N–H and O–H groups in total. The Bertz CT molecular complexity index is 1100. The molecule has 1 unspecified atom stereocenters. The summed E-state index contributed by atoms with van der Waals surface area (Å²) in [6, 6.07) is 4.72. The maximum absolute atomic E-state index is 14.9. The number of phenolic OH excluding ortho intramolecular Hbond substituents is 1. The molecule has 1 aromatic carbocycles. The molecule has 7 nitrogen and oxygen atoms in total. The molecule has 2 bridgehead atoms. The molecule has 5 rings (SSSR count). The summed E-state index contributed by atoms with van der Waals surface area (Å²) >= 11 is 0. The molecule has 2 saturated heterocycles. The average molecular weight is 410 g/mol. The highest BCUT2D eigenvalue weighted by atomic mass is 19.1. The average Bonchev–Trinajstić information content (AvgIpc) is 3.34. The van der Waals surface area contributed by atoms with Gasteiger partial charge >= 0.3 is 0 Å². The fraction of sp³-hybridized carbons (Fsp3) is 0.333. The third-order valence-electron chi connectivity index (χ3n) is 5.85. The van der Waals surface area contributed by atoms with Gasteiger partial charge in [0.25, 0.3) is 0 Å². The first-order chi connectivity index (χ1) is 14.4. The van der Waals surface area contributed by atoms with E-state index in [1.54, 1.807) is 48.4 Å². The molecule has 4 atom stereocenters. The van der Waals surface area contributed by atoms with Crippen LogP contribution >= 0.6 is 0 Å². The van der Waals surface area contributed by atoms with Crippen LogP contribution in [0.25, 0.3) is 23.2 Å². The van der Waals surface area contributed by atoms with Gasteiger partial charge in [0.05, 0.1) is 29.3 Å². The van der Waals surface area contributed by atoms with E-state index in [4.69, 9.17) is 0 Å². The first-order valence-electron chi connectivity index (χ1n) is 9.71. The number of hydrogen-bond donors (Lipinski definition) is 2. The Hall–Kier alpha value is -3.20. The number of phenols is 1. The van der Waals surface area contributed by atoms with Crippen molar-refractivity contribution in [3.63, 3.8) is 0 Å². The summed E-state index contributed by atoms with van der Waals surface area (Å²) < 4.78 is 30.8. The topological polar surface area (TPSA) is 88.8 Å². The quantitative estimate of drug-likeness (QED) is 0.690. The van der Waals surface area contributed by atoms with Crippen LogP contribution in [0.4, 0.5) is 8.78 Å². The minimum Gasteiger partial charge on any atom is -0.507 e. The smallest absolute Gasteiger partial charge is 0.185 e. The van der Waals surface area contributed by atoms with Crippen LogP contribution in [0, 0.1) is 0 Å². The van der Waals surface area contributed by atoms with E-state index in [0.717, 1.165) is 5.69 Å². The Kier molecular flexibility index (Phi) is 4.35. The zero-order valence-electron chi connectivity index (χ0n) is 16.2. The van der Waals surface area contributed by atoms with E-state index in [9.17, 15) is 13.9 Å². The van der Waals surface area contributed by atoms with Crippen LogP contribution in [0.1, 0.15) is 25.5 Å².